The number of aliphatic carboxylic acids is 1. The number of carbonyl (C=O) groups excluding carboxylic acids is 1. The monoisotopic (exact) mass is 314 g/mol. The molecule has 0 aliphatic heterocycles. The van der Waals surface area contributed by atoms with Gasteiger partial charge in [-0.2, -0.15) is 11.3 Å². The van der Waals surface area contributed by atoms with Gasteiger partial charge in [0.25, 0.3) is 0 Å². The Labute approximate surface area is 133 Å². The molecule has 4 heteroatoms. The van der Waals surface area contributed by atoms with Crippen molar-refractivity contribution in [3.05, 3.63) is 63.4 Å². The van der Waals surface area contributed by atoms with Crippen molar-refractivity contribution >= 4 is 29.2 Å². The minimum absolute atomic E-state index is 0.0989. The number of carboxylic acids is 1. The van der Waals surface area contributed by atoms with Crippen molar-refractivity contribution in [1.29, 1.82) is 0 Å². The van der Waals surface area contributed by atoms with E-state index in [-0.39, 0.29) is 17.8 Å². The Hall–Kier alpha value is -2.20. The number of Topliss-reactive ketones (excluding diaryl/α,β-unsaturated/α-hetero) is 1. The first-order valence-corrected chi connectivity index (χ1v) is 8.12. The van der Waals surface area contributed by atoms with E-state index in [2.05, 4.69) is 6.92 Å². The van der Waals surface area contributed by atoms with Crippen LogP contribution in [0.3, 0.4) is 0 Å². The number of aryl methyl sites for hydroxylation is 1. The fraction of sp³-hybridized carbons (Fsp3) is 0.222. The van der Waals surface area contributed by atoms with Gasteiger partial charge < -0.3 is 5.11 Å². The normalized spacial score (nSPS) is 11.4. The van der Waals surface area contributed by atoms with Crippen LogP contribution in [0.25, 0.3) is 6.08 Å². The van der Waals surface area contributed by atoms with Crippen LogP contribution in [0.5, 0.6) is 0 Å². The second-order valence-electron chi connectivity index (χ2n) is 5.08. The number of hydrogen-bond acceptors (Lipinski definition) is 3. The maximum atomic E-state index is 12.3. The van der Waals surface area contributed by atoms with E-state index in [0.717, 1.165) is 18.4 Å². The van der Waals surface area contributed by atoms with Crippen LogP contribution >= 0.6 is 11.3 Å². The summed E-state index contributed by atoms with van der Waals surface area (Å²) in [6.07, 6.45) is 3.49. The summed E-state index contributed by atoms with van der Waals surface area (Å²) in [5, 5.41) is 13.0. The van der Waals surface area contributed by atoms with Crippen molar-refractivity contribution in [1.82, 2.24) is 0 Å². The molecule has 0 fully saturated rings. The molecule has 114 valence electrons. The van der Waals surface area contributed by atoms with Gasteiger partial charge in [0.05, 0.1) is 0 Å². The largest absolute Gasteiger partial charge is 0.478 e. The van der Waals surface area contributed by atoms with Gasteiger partial charge in [-0.3, -0.25) is 4.79 Å². The highest BCUT2D eigenvalue weighted by Gasteiger charge is 2.14. The SMILES string of the molecule is CCCc1ccc(C(=O)CC(=Cc2ccsc2)C(=O)O)cc1. The molecule has 0 spiro atoms. The number of ketones is 1. The smallest absolute Gasteiger partial charge is 0.332 e. The maximum Gasteiger partial charge on any atom is 0.332 e. The highest BCUT2D eigenvalue weighted by molar-refractivity contribution is 7.08. The molecule has 1 heterocycles. The predicted octanol–water partition coefficient (Wildman–Crippen LogP) is 4.44. The molecule has 3 nitrogen and oxygen atoms in total. The fourth-order valence-corrected chi connectivity index (χ4v) is 2.79. The molecule has 0 bridgehead atoms. The second-order valence-corrected chi connectivity index (χ2v) is 5.86. The van der Waals surface area contributed by atoms with E-state index in [1.165, 1.54) is 16.9 Å². The zero-order valence-corrected chi connectivity index (χ0v) is 13.2. The van der Waals surface area contributed by atoms with E-state index >= 15 is 0 Å². The Morgan fingerprint density at radius 1 is 1.18 bits per heavy atom. The Bertz CT molecular complexity index is 667. The molecule has 0 saturated carbocycles. The van der Waals surface area contributed by atoms with Crippen LogP contribution in [-0.2, 0) is 11.2 Å². The third-order valence-electron chi connectivity index (χ3n) is 3.32. The van der Waals surface area contributed by atoms with Crippen LogP contribution in [-0.4, -0.2) is 16.9 Å². The lowest BCUT2D eigenvalue weighted by Crippen LogP contribution is -2.08. The molecule has 0 radical (unpaired) electrons. The van der Waals surface area contributed by atoms with Gasteiger partial charge in [-0.1, -0.05) is 37.6 Å². The summed E-state index contributed by atoms with van der Waals surface area (Å²) >= 11 is 1.49. The summed E-state index contributed by atoms with van der Waals surface area (Å²) in [6, 6.07) is 9.24. The van der Waals surface area contributed by atoms with Gasteiger partial charge in [0.1, 0.15) is 0 Å². The van der Waals surface area contributed by atoms with E-state index in [1.807, 2.05) is 29.0 Å². The molecule has 0 aliphatic carbocycles. The fourth-order valence-electron chi connectivity index (χ4n) is 2.17. The third-order valence-corrected chi connectivity index (χ3v) is 4.03. The van der Waals surface area contributed by atoms with Gasteiger partial charge >= 0.3 is 5.97 Å². The molecule has 0 aliphatic rings. The summed E-state index contributed by atoms with van der Waals surface area (Å²) < 4.78 is 0. The maximum absolute atomic E-state index is 12.3. The highest BCUT2D eigenvalue weighted by atomic mass is 32.1. The summed E-state index contributed by atoms with van der Waals surface area (Å²) in [7, 11) is 0. The van der Waals surface area contributed by atoms with Gasteiger partial charge in [-0.15, -0.1) is 0 Å². The van der Waals surface area contributed by atoms with E-state index in [4.69, 9.17) is 0 Å². The number of hydrogen-bond donors (Lipinski definition) is 1. The topological polar surface area (TPSA) is 54.4 Å². The third kappa shape index (κ3) is 4.40. The summed E-state index contributed by atoms with van der Waals surface area (Å²) in [5.41, 5.74) is 2.66. The van der Waals surface area contributed by atoms with Crippen LogP contribution in [0.2, 0.25) is 0 Å². The standard InChI is InChI=1S/C18H18O3S/c1-2-3-13-4-6-15(7-5-13)17(19)11-16(18(20)21)10-14-8-9-22-12-14/h4-10,12H,2-3,11H2,1H3,(H,20,21). The first-order chi connectivity index (χ1) is 10.6. The predicted molar refractivity (Wildman–Crippen MR) is 89.3 cm³/mol. The average Bonchev–Trinajstić information content (AvgIpc) is 3.00. The Kier molecular flexibility index (Phi) is 5.67. The summed E-state index contributed by atoms with van der Waals surface area (Å²) in [5.74, 6) is -1.23. The van der Waals surface area contributed by atoms with Crippen molar-refractivity contribution in [3.8, 4) is 0 Å². The van der Waals surface area contributed by atoms with E-state index < -0.39 is 5.97 Å². The quantitative estimate of drug-likeness (QED) is 0.607. The molecule has 1 aromatic heterocycles. The van der Waals surface area contributed by atoms with Crippen LogP contribution in [0, 0.1) is 0 Å². The molecule has 0 unspecified atom stereocenters. The lowest BCUT2D eigenvalue weighted by atomic mass is 10.00. The van der Waals surface area contributed by atoms with Gasteiger partial charge in [-0.25, -0.2) is 4.79 Å². The zero-order chi connectivity index (χ0) is 15.9. The molecule has 0 atom stereocenters. The second kappa shape index (κ2) is 7.71. The lowest BCUT2D eigenvalue weighted by Gasteiger charge is -2.04. The molecule has 0 saturated heterocycles. The summed E-state index contributed by atoms with van der Waals surface area (Å²) in [6.45, 7) is 2.10. The number of carbonyl (C=O) groups is 2. The molecule has 2 aromatic rings. The molecular formula is C18H18O3S. The molecule has 2 rings (SSSR count). The molecule has 1 N–H and O–H groups in total. The van der Waals surface area contributed by atoms with Crippen LogP contribution < -0.4 is 0 Å². The highest BCUT2D eigenvalue weighted by Crippen LogP contribution is 2.17. The first kappa shape index (κ1) is 16.2. The van der Waals surface area contributed by atoms with Crippen molar-refractivity contribution in [3.63, 3.8) is 0 Å². The Morgan fingerprint density at radius 3 is 2.45 bits per heavy atom. The molecule has 1 aromatic carbocycles. The minimum Gasteiger partial charge on any atom is -0.478 e. The molecule has 22 heavy (non-hydrogen) atoms. The lowest BCUT2D eigenvalue weighted by molar-refractivity contribution is -0.132. The molecule has 0 amide bonds. The van der Waals surface area contributed by atoms with Crippen LogP contribution in [0.1, 0.15) is 41.3 Å². The van der Waals surface area contributed by atoms with E-state index in [0.29, 0.717) is 5.56 Å². The first-order valence-electron chi connectivity index (χ1n) is 7.18. The van der Waals surface area contributed by atoms with Gasteiger partial charge in [0.15, 0.2) is 5.78 Å². The number of benzene rings is 1. The Morgan fingerprint density at radius 2 is 1.91 bits per heavy atom. The minimum atomic E-state index is -1.05. The Balaban J connectivity index is 2.13. The van der Waals surface area contributed by atoms with E-state index in [9.17, 15) is 14.7 Å². The van der Waals surface area contributed by atoms with E-state index in [1.54, 1.807) is 18.2 Å². The zero-order valence-electron chi connectivity index (χ0n) is 12.4. The van der Waals surface area contributed by atoms with Gasteiger partial charge in [0.2, 0.25) is 0 Å². The van der Waals surface area contributed by atoms with Crippen molar-refractivity contribution < 1.29 is 14.7 Å². The van der Waals surface area contributed by atoms with Crippen molar-refractivity contribution in [2.45, 2.75) is 26.2 Å². The van der Waals surface area contributed by atoms with Gasteiger partial charge in [0, 0.05) is 17.6 Å². The van der Waals surface area contributed by atoms with Crippen molar-refractivity contribution in [2.24, 2.45) is 0 Å². The summed E-state index contributed by atoms with van der Waals surface area (Å²) in [4.78, 5) is 23.6. The average molecular weight is 314 g/mol. The number of rotatable bonds is 7. The number of carboxylic acid groups (broad SMARTS) is 1. The van der Waals surface area contributed by atoms with Gasteiger partial charge in [-0.05, 0) is 40.5 Å². The molecular weight excluding hydrogens is 296 g/mol. The van der Waals surface area contributed by atoms with Crippen molar-refractivity contribution in [2.75, 3.05) is 0 Å². The van der Waals surface area contributed by atoms with Crippen LogP contribution in [0.4, 0.5) is 0 Å². The number of thiophene rings is 1. The van der Waals surface area contributed by atoms with Crippen LogP contribution in [0.15, 0.2) is 46.7 Å².